The molecule has 178 valence electrons. The molecule has 3 amide bonds. The van der Waals surface area contributed by atoms with Crippen molar-refractivity contribution in [3.05, 3.63) is 64.1 Å². The minimum Gasteiger partial charge on any atom is -0.490 e. The number of aryl methyl sites for hydroxylation is 1. The van der Waals surface area contributed by atoms with Crippen LogP contribution in [0, 0.1) is 6.92 Å². The normalized spacial score (nSPS) is 17.1. The Morgan fingerprint density at radius 2 is 1.76 bits per heavy atom. The number of rotatable bonds is 8. The monoisotopic (exact) mass is 480 g/mol. The smallest absolute Gasteiger partial charge is 0.294 e. The van der Waals surface area contributed by atoms with E-state index in [-0.39, 0.29) is 17.4 Å². The maximum absolute atomic E-state index is 12.8. The van der Waals surface area contributed by atoms with Crippen molar-refractivity contribution < 1.29 is 23.9 Å². The largest absolute Gasteiger partial charge is 0.490 e. The lowest BCUT2D eigenvalue weighted by Gasteiger charge is -2.18. The van der Waals surface area contributed by atoms with Gasteiger partial charge in [0, 0.05) is 13.1 Å². The lowest BCUT2D eigenvalue weighted by molar-refractivity contribution is -0.135. The Bertz CT molecular complexity index is 1110. The van der Waals surface area contributed by atoms with Crippen LogP contribution >= 0.6 is 11.8 Å². The first-order valence-corrected chi connectivity index (χ1v) is 12.2. The fraction of sp³-hybridized carbons (Fsp3) is 0.346. The van der Waals surface area contributed by atoms with Gasteiger partial charge in [-0.15, -0.1) is 0 Å². The van der Waals surface area contributed by atoms with Crippen molar-refractivity contribution in [2.24, 2.45) is 0 Å². The first-order chi connectivity index (χ1) is 16.4. The van der Waals surface area contributed by atoms with E-state index >= 15 is 0 Å². The lowest BCUT2D eigenvalue weighted by Crippen LogP contribution is -2.40. The number of carbonyl (C=O) groups excluding carboxylic acids is 3. The Balaban J connectivity index is 1.46. The highest BCUT2D eigenvalue weighted by molar-refractivity contribution is 8.18. The van der Waals surface area contributed by atoms with E-state index in [1.807, 2.05) is 44.2 Å². The Labute approximate surface area is 203 Å². The van der Waals surface area contributed by atoms with E-state index in [4.69, 9.17) is 9.47 Å². The molecule has 8 heteroatoms. The Kier molecular flexibility index (Phi) is 7.57. The van der Waals surface area contributed by atoms with Crippen molar-refractivity contribution >= 4 is 34.9 Å². The van der Waals surface area contributed by atoms with Gasteiger partial charge >= 0.3 is 0 Å². The highest BCUT2D eigenvalue weighted by Crippen LogP contribution is 2.35. The zero-order valence-corrected chi connectivity index (χ0v) is 20.2. The number of likely N-dealkylation sites (tertiary alicyclic amines) is 1. The fourth-order valence-corrected chi connectivity index (χ4v) is 4.68. The van der Waals surface area contributed by atoms with E-state index in [0.717, 1.165) is 35.1 Å². The van der Waals surface area contributed by atoms with Crippen LogP contribution in [0.2, 0.25) is 0 Å². The van der Waals surface area contributed by atoms with Crippen LogP contribution in [-0.4, -0.2) is 53.1 Å². The first-order valence-electron chi connectivity index (χ1n) is 11.4. The molecule has 0 spiro atoms. The number of thioether (sulfide) groups is 1. The van der Waals surface area contributed by atoms with Crippen molar-refractivity contribution in [3.63, 3.8) is 0 Å². The number of benzene rings is 2. The van der Waals surface area contributed by atoms with Crippen molar-refractivity contribution in [2.45, 2.75) is 33.3 Å². The topological polar surface area (TPSA) is 76.2 Å². The fourth-order valence-electron chi connectivity index (χ4n) is 3.84. The van der Waals surface area contributed by atoms with Crippen LogP contribution in [0.15, 0.2) is 47.4 Å². The van der Waals surface area contributed by atoms with Crippen LogP contribution < -0.4 is 9.47 Å². The molecule has 2 aromatic carbocycles. The molecule has 2 heterocycles. The molecule has 2 saturated heterocycles. The standard InChI is InChI=1S/C26H28N2O5S/c1-3-32-22-14-20(10-11-21(22)33-17-19-8-6-18(2)7-9-19)15-23-25(30)28(26(31)34-23)16-24(29)27-12-4-5-13-27/h6-11,14-15H,3-5,12-13,16-17H2,1-2H3/b23-15+. The second-order valence-electron chi connectivity index (χ2n) is 8.27. The molecule has 0 radical (unpaired) electrons. The SMILES string of the molecule is CCOc1cc(/C=C2/SC(=O)N(CC(=O)N3CCCC3)C2=O)ccc1OCc1ccc(C)cc1. The number of imide groups is 1. The summed E-state index contributed by atoms with van der Waals surface area (Å²) in [7, 11) is 0. The quantitative estimate of drug-likeness (QED) is 0.513. The van der Waals surface area contributed by atoms with E-state index in [2.05, 4.69) is 0 Å². The molecular weight excluding hydrogens is 452 g/mol. The van der Waals surface area contributed by atoms with Crippen molar-refractivity contribution in [1.82, 2.24) is 9.80 Å². The number of ether oxygens (including phenoxy) is 2. The summed E-state index contributed by atoms with van der Waals surface area (Å²) in [6, 6.07) is 13.5. The molecule has 4 rings (SSSR count). The number of nitrogens with zero attached hydrogens (tertiary/aromatic N) is 2. The molecule has 0 unspecified atom stereocenters. The highest BCUT2D eigenvalue weighted by atomic mass is 32.2. The summed E-state index contributed by atoms with van der Waals surface area (Å²) in [6.45, 7) is 5.95. The molecule has 2 aliphatic rings. The second kappa shape index (κ2) is 10.8. The Morgan fingerprint density at radius 3 is 2.47 bits per heavy atom. The molecule has 0 aromatic heterocycles. The maximum Gasteiger partial charge on any atom is 0.294 e. The van der Waals surface area contributed by atoms with Gasteiger partial charge in [0.05, 0.1) is 11.5 Å². The van der Waals surface area contributed by atoms with Gasteiger partial charge in [0.25, 0.3) is 11.1 Å². The van der Waals surface area contributed by atoms with Crippen LogP contribution in [-0.2, 0) is 16.2 Å². The van der Waals surface area contributed by atoms with Gasteiger partial charge in [-0.25, -0.2) is 0 Å². The summed E-state index contributed by atoms with van der Waals surface area (Å²) < 4.78 is 11.7. The van der Waals surface area contributed by atoms with Crippen LogP contribution in [0.25, 0.3) is 6.08 Å². The lowest BCUT2D eigenvalue weighted by atomic mass is 10.1. The zero-order valence-electron chi connectivity index (χ0n) is 19.4. The molecule has 0 atom stereocenters. The van der Waals surface area contributed by atoms with Gasteiger partial charge in [0.1, 0.15) is 13.2 Å². The van der Waals surface area contributed by atoms with E-state index in [9.17, 15) is 14.4 Å². The highest BCUT2D eigenvalue weighted by Gasteiger charge is 2.37. The van der Waals surface area contributed by atoms with E-state index < -0.39 is 11.1 Å². The van der Waals surface area contributed by atoms with Crippen LogP contribution in [0.3, 0.4) is 0 Å². The third kappa shape index (κ3) is 5.62. The number of hydrogen-bond acceptors (Lipinski definition) is 6. The Hall–Kier alpha value is -3.26. The molecule has 0 N–H and O–H groups in total. The minimum atomic E-state index is -0.444. The summed E-state index contributed by atoms with van der Waals surface area (Å²) in [6.07, 6.45) is 3.57. The minimum absolute atomic E-state index is 0.185. The molecule has 0 aliphatic carbocycles. The summed E-state index contributed by atoms with van der Waals surface area (Å²) in [5.74, 6) is 0.533. The number of hydrogen-bond donors (Lipinski definition) is 0. The van der Waals surface area contributed by atoms with Crippen LogP contribution in [0.5, 0.6) is 11.5 Å². The predicted octanol–water partition coefficient (Wildman–Crippen LogP) is 4.63. The molecule has 0 bridgehead atoms. The zero-order chi connectivity index (χ0) is 24.1. The molecule has 7 nitrogen and oxygen atoms in total. The molecule has 2 aliphatic heterocycles. The molecule has 0 saturated carbocycles. The molecule has 2 fully saturated rings. The average molecular weight is 481 g/mol. The van der Waals surface area contributed by atoms with Crippen molar-refractivity contribution in [1.29, 1.82) is 0 Å². The summed E-state index contributed by atoms with van der Waals surface area (Å²) in [5, 5.41) is -0.424. The van der Waals surface area contributed by atoms with Gasteiger partial charge in [0.2, 0.25) is 5.91 Å². The molecule has 34 heavy (non-hydrogen) atoms. The third-order valence-electron chi connectivity index (χ3n) is 5.71. The maximum atomic E-state index is 12.8. The average Bonchev–Trinajstić information content (AvgIpc) is 3.45. The van der Waals surface area contributed by atoms with Gasteiger partial charge in [-0.05, 0) is 67.8 Å². The first kappa shape index (κ1) is 23.9. The van der Waals surface area contributed by atoms with Crippen LogP contribution in [0.1, 0.15) is 36.5 Å². The number of carbonyl (C=O) groups is 3. The predicted molar refractivity (Wildman–Crippen MR) is 132 cm³/mol. The second-order valence-corrected chi connectivity index (χ2v) is 9.26. The van der Waals surface area contributed by atoms with Gasteiger partial charge < -0.3 is 14.4 Å². The summed E-state index contributed by atoms with van der Waals surface area (Å²) in [5.41, 5.74) is 2.95. The van der Waals surface area contributed by atoms with Gasteiger partial charge in [-0.3, -0.25) is 19.3 Å². The summed E-state index contributed by atoms with van der Waals surface area (Å²) >= 11 is 0.849. The molecule has 2 aromatic rings. The third-order valence-corrected chi connectivity index (χ3v) is 6.61. The van der Waals surface area contributed by atoms with Crippen molar-refractivity contribution in [3.8, 4) is 11.5 Å². The summed E-state index contributed by atoms with van der Waals surface area (Å²) in [4.78, 5) is 40.7. The molecular formula is C26H28N2O5S. The number of amides is 3. The van der Waals surface area contributed by atoms with Gasteiger partial charge in [0.15, 0.2) is 11.5 Å². The van der Waals surface area contributed by atoms with Gasteiger partial charge in [-0.2, -0.15) is 0 Å². The Morgan fingerprint density at radius 1 is 1.03 bits per heavy atom. The van der Waals surface area contributed by atoms with Gasteiger partial charge in [-0.1, -0.05) is 35.9 Å². The van der Waals surface area contributed by atoms with E-state index in [0.29, 0.717) is 43.4 Å². The van der Waals surface area contributed by atoms with E-state index in [1.54, 1.807) is 23.1 Å². The van der Waals surface area contributed by atoms with Crippen LogP contribution in [0.4, 0.5) is 4.79 Å². The van der Waals surface area contributed by atoms with E-state index in [1.165, 1.54) is 5.56 Å². The van der Waals surface area contributed by atoms with Crippen molar-refractivity contribution in [2.75, 3.05) is 26.2 Å².